The molecular formula is C63H62N3OPt-. The van der Waals surface area contributed by atoms with E-state index in [1.165, 1.54) is 48.7 Å². The molecule has 0 atom stereocenters. The Morgan fingerprint density at radius 3 is 1.91 bits per heavy atom. The molecule has 2 heterocycles. The van der Waals surface area contributed by atoms with Gasteiger partial charge in [-0.25, -0.2) is 4.98 Å². The Morgan fingerprint density at radius 1 is 0.544 bits per heavy atom. The smallest absolute Gasteiger partial charge is 0.148 e. The summed E-state index contributed by atoms with van der Waals surface area (Å²) >= 11 is 0. The molecule has 0 saturated carbocycles. The fourth-order valence-electron chi connectivity index (χ4n) is 8.32. The Labute approximate surface area is 456 Å². The van der Waals surface area contributed by atoms with Gasteiger partial charge in [0.2, 0.25) is 0 Å². The summed E-state index contributed by atoms with van der Waals surface area (Å²) in [4.78, 5) is 9.67. The summed E-state index contributed by atoms with van der Waals surface area (Å²) in [5.41, 5.74) is -9.81. The van der Waals surface area contributed by atoms with Crippen molar-refractivity contribution in [1.29, 1.82) is 0 Å². The van der Waals surface area contributed by atoms with Gasteiger partial charge in [-0.2, -0.15) is 0 Å². The minimum atomic E-state index is -4.30. The molecule has 9 rings (SSSR count). The van der Waals surface area contributed by atoms with E-state index < -0.39 is 106 Å². The number of fused-ring (bicyclic) bond motifs is 1. The maximum Gasteiger partial charge on any atom is 0.148 e. The second kappa shape index (κ2) is 18.3. The van der Waals surface area contributed by atoms with Crippen LogP contribution in [0, 0.1) is 26.6 Å². The van der Waals surface area contributed by atoms with Gasteiger partial charge >= 0.3 is 0 Å². The average molecular weight is 1100 g/mol. The Morgan fingerprint density at radius 2 is 1.22 bits per heavy atom. The van der Waals surface area contributed by atoms with Crippen LogP contribution in [0.25, 0.3) is 83.9 Å². The third kappa shape index (κ3) is 9.54. The summed E-state index contributed by atoms with van der Waals surface area (Å²) < 4.78 is 236. The number of nitrogens with zero attached hydrogens (tertiary/aromatic N) is 3. The number of aromatic nitrogens is 3. The predicted molar refractivity (Wildman–Crippen MR) is 282 cm³/mol. The SMILES string of the molecule is [2H]C([2H])([2H])c1cc(-c2ccnc(-c3[c-]c(-c4cccc5c4nc(-c4cc(C(C([2H])([2H])[2H])(C([2H])([2H])[2H])C([2H])([2H])[2H])cc(C(C([2H])([2H])[2H])(C([2H])([2H])[2H])C([2H])([2H])[2H])c4O)n5-c4ccc(-c5ccc(C(C)(C)C)cc5)cc4C([2H])([2H])[2H])cc(-c4ccccc4)c3)c2)cc(C([2H])([2H])[2H])c1.[Pt]. The van der Waals surface area contributed by atoms with E-state index >= 15 is 0 Å². The summed E-state index contributed by atoms with van der Waals surface area (Å²) in [5, 5.41) is 13.1. The van der Waals surface area contributed by atoms with E-state index in [1.54, 1.807) is 72.8 Å². The van der Waals surface area contributed by atoms with E-state index in [1.807, 2.05) is 32.9 Å². The second-order valence-corrected chi connectivity index (χ2v) is 17.7. The zero-order valence-corrected chi connectivity index (χ0v) is 39.3. The molecule has 0 bridgehead atoms. The summed E-state index contributed by atoms with van der Waals surface area (Å²) in [7, 11) is 0. The van der Waals surface area contributed by atoms with Crippen molar-refractivity contribution >= 4 is 11.0 Å². The number of benzene rings is 7. The molecule has 0 aliphatic rings. The molecule has 4 nitrogen and oxygen atoms in total. The molecule has 0 aliphatic heterocycles. The van der Waals surface area contributed by atoms with Gasteiger partial charge in [0.1, 0.15) is 11.6 Å². The van der Waals surface area contributed by atoms with Gasteiger partial charge in [0.05, 0.1) is 22.3 Å². The molecule has 9 aromatic rings. The van der Waals surface area contributed by atoms with Crippen LogP contribution < -0.4 is 0 Å². The fraction of sp³-hybridized carbons (Fsp3) is 0.238. The zero-order chi connectivity index (χ0) is 70.1. The quantitative estimate of drug-likeness (QED) is 0.162. The van der Waals surface area contributed by atoms with E-state index in [0.717, 1.165) is 16.2 Å². The van der Waals surface area contributed by atoms with Crippen LogP contribution >= 0.6 is 0 Å². The minimum Gasteiger partial charge on any atom is -0.507 e. The number of rotatable bonds is 7. The van der Waals surface area contributed by atoms with E-state index in [0.29, 0.717) is 33.9 Å². The van der Waals surface area contributed by atoms with E-state index in [2.05, 4.69) is 11.1 Å². The molecule has 1 N–H and O–H groups in total. The molecular weight excluding hydrogens is 1010 g/mol. The first-order chi connectivity index (χ1) is 42.9. The number of phenols is 1. The monoisotopic (exact) mass is 1100 g/mol. The van der Waals surface area contributed by atoms with Crippen LogP contribution in [-0.4, -0.2) is 19.6 Å². The number of hydrogen-bond acceptors (Lipinski definition) is 3. The number of aromatic hydroxyl groups is 1. The van der Waals surface area contributed by atoms with Gasteiger partial charge in [-0.05, 0) is 112 Å². The van der Waals surface area contributed by atoms with Gasteiger partial charge in [0.25, 0.3) is 0 Å². The molecule has 2 aromatic heterocycles. The molecule has 0 fully saturated rings. The maximum atomic E-state index is 13.1. The van der Waals surface area contributed by atoms with Crippen LogP contribution in [0.1, 0.15) is 132 Å². The topological polar surface area (TPSA) is 50.9 Å². The molecule has 346 valence electrons. The van der Waals surface area contributed by atoms with Gasteiger partial charge in [0, 0.05) is 75.5 Å². The van der Waals surface area contributed by atoms with Crippen LogP contribution in [0.4, 0.5) is 0 Å². The number of hydrogen-bond donors (Lipinski definition) is 1. The van der Waals surface area contributed by atoms with Crippen LogP contribution in [0.5, 0.6) is 5.75 Å². The Balaban J connectivity index is 0.0000116. The Hall–Kier alpha value is -6.35. The molecule has 0 amide bonds. The van der Waals surface area contributed by atoms with E-state index in [-0.39, 0.29) is 88.3 Å². The van der Waals surface area contributed by atoms with Crippen LogP contribution in [0.2, 0.25) is 0 Å². The number of aryl methyl sites for hydroxylation is 3. The van der Waals surface area contributed by atoms with Crippen LogP contribution in [0.3, 0.4) is 0 Å². The molecule has 0 saturated heterocycles. The largest absolute Gasteiger partial charge is 0.507 e. The van der Waals surface area contributed by atoms with Crippen molar-refractivity contribution in [2.24, 2.45) is 0 Å². The Kier molecular flexibility index (Phi) is 6.66. The van der Waals surface area contributed by atoms with Crippen molar-refractivity contribution in [3.8, 4) is 78.6 Å². The molecule has 0 unspecified atom stereocenters. The van der Waals surface area contributed by atoms with Gasteiger partial charge in [0.15, 0.2) is 0 Å². The standard InChI is InChI=1S/C63H62N3O.Pt/c1-39-29-40(2)31-46(30-39)45-27-28-64-55(36-45)49-34-47(42-17-14-13-15-18-42)33-48(35-49)52-19-16-20-57-58(52)65-60(53-37-51(62(7,8)9)38-54(59(53)67)63(10,11)12)66(57)56-26-23-44(32-41(56)3)43-21-24-50(25-22-43)61(4,5)6;/h13-34,36-38,67H,1-12H3;/q-1;/i1D3,2D3,3D3,7D3,8D3,9D3,10D3,11D3,12D3;. The van der Waals surface area contributed by atoms with Gasteiger partial charge in [-0.15, -0.1) is 23.8 Å². The fourth-order valence-corrected chi connectivity index (χ4v) is 8.32. The summed E-state index contributed by atoms with van der Waals surface area (Å²) in [5.74, 6) is -2.31. The van der Waals surface area contributed by atoms with Crippen LogP contribution in [-0.2, 0) is 37.3 Å². The first kappa shape index (κ1) is 24.8. The Bertz CT molecular complexity index is 4240. The van der Waals surface area contributed by atoms with Crippen molar-refractivity contribution in [3.63, 3.8) is 0 Å². The summed E-state index contributed by atoms with van der Waals surface area (Å²) in [6.07, 6.45) is 1.42. The van der Waals surface area contributed by atoms with Crippen molar-refractivity contribution in [2.75, 3.05) is 0 Å². The molecule has 0 aliphatic carbocycles. The predicted octanol–water partition coefficient (Wildman–Crippen LogP) is 16.7. The molecule has 7 aromatic carbocycles. The number of para-hydroxylation sites is 1. The average Bonchev–Trinajstić information content (AvgIpc) is 1.14. The van der Waals surface area contributed by atoms with Crippen molar-refractivity contribution in [3.05, 3.63) is 191 Å². The summed E-state index contributed by atoms with van der Waals surface area (Å²) in [6.45, 7) is -27.8. The maximum absolute atomic E-state index is 13.1. The number of phenolic OH excluding ortho intramolecular Hbond substituents is 1. The normalized spacial score (nSPS) is 19.6. The molecule has 0 radical (unpaired) electrons. The molecule has 68 heavy (non-hydrogen) atoms. The van der Waals surface area contributed by atoms with E-state index in [9.17, 15) is 5.11 Å². The van der Waals surface area contributed by atoms with E-state index in [4.69, 9.17) is 42.0 Å². The van der Waals surface area contributed by atoms with Crippen molar-refractivity contribution in [2.45, 2.75) is 98.7 Å². The van der Waals surface area contributed by atoms with Gasteiger partial charge in [-0.1, -0.05) is 193 Å². The van der Waals surface area contributed by atoms with Gasteiger partial charge < -0.3 is 5.11 Å². The molecule has 0 spiro atoms. The third-order valence-corrected chi connectivity index (χ3v) is 11.8. The van der Waals surface area contributed by atoms with Crippen molar-refractivity contribution < 1.29 is 63.2 Å². The number of imidazole rings is 1. The third-order valence-electron chi connectivity index (χ3n) is 11.8. The summed E-state index contributed by atoms with van der Waals surface area (Å²) in [6, 6.07) is 39.4. The first-order valence-electron chi connectivity index (χ1n) is 34.8. The number of pyridine rings is 1. The second-order valence-electron chi connectivity index (χ2n) is 17.7. The minimum absolute atomic E-state index is 0. The molecule has 5 heteroatoms. The zero-order valence-electron chi connectivity index (χ0n) is 64.0. The van der Waals surface area contributed by atoms with Gasteiger partial charge in [-0.3, -0.25) is 9.55 Å². The first-order valence-corrected chi connectivity index (χ1v) is 21.3. The van der Waals surface area contributed by atoms with Crippen molar-refractivity contribution in [1.82, 2.24) is 14.5 Å². The van der Waals surface area contributed by atoms with Crippen LogP contribution in [0.15, 0.2) is 152 Å².